The maximum absolute atomic E-state index is 13.7. The highest BCUT2D eigenvalue weighted by atomic mass is 35.5. The number of amides is 1. The minimum atomic E-state index is -0.570. The Labute approximate surface area is 167 Å². The largest absolute Gasteiger partial charge is 0.441 e. The van der Waals surface area contributed by atoms with Crippen LogP contribution < -0.4 is 5.32 Å². The van der Waals surface area contributed by atoms with Crippen LogP contribution in [0, 0.1) is 12.7 Å². The summed E-state index contributed by atoms with van der Waals surface area (Å²) in [6.45, 7) is 3.45. The van der Waals surface area contributed by atoms with E-state index in [1.807, 2.05) is 24.0 Å². The van der Waals surface area contributed by atoms with E-state index in [0.29, 0.717) is 41.9 Å². The Morgan fingerprint density at radius 3 is 2.82 bits per heavy atom. The molecule has 3 aromatic rings. The summed E-state index contributed by atoms with van der Waals surface area (Å²) in [6.07, 6.45) is 0. The average Bonchev–Trinajstić information content (AvgIpc) is 3.03. The first-order valence-electron chi connectivity index (χ1n) is 9.01. The molecule has 0 saturated carbocycles. The zero-order chi connectivity index (χ0) is 19.7. The Morgan fingerprint density at radius 1 is 1.29 bits per heavy atom. The topological polar surface area (TPSA) is 58.4 Å². The van der Waals surface area contributed by atoms with Gasteiger partial charge in [-0.25, -0.2) is 9.37 Å². The zero-order valence-electron chi connectivity index (χ0n) is 15.3. The van der Waals surface area contributed by atoms with Gasteiger partial charge in [0.15, 0.2) is 0 Å². The molecule has 1 fully saturated rings. The molecule has 0 aliphatic carbocycles. The minimum absolute atomic E-state index is 0.143. The van der Waals surface area contributed by atoms with Crippen molar-refractivity contribution in [2.75, 3.05) is 13.1 Å². The Kier molecular flexibility index (Phi) is 5.15. The molecule has 144 valence electrons. The first kappa shape index (κ1) is 18.7. The van der Waals surface area contributed by atoms with Crippen molar-refractivity contribution in [3.8, 4) is 11.5 Å². The number of hydrogen-bond donors (Lipinski definition) is 1. The van der Waals surface area contributed by atoms with Gasteiger partial charge in [-0.05, 0) is 48.9 Å². The molecule has 1 aliphatic rings. The molecule has 5 nitrogen and oxygen atoms in total. The van der Waals surface area contributed by atoms with E-state index in [-0.39, 0.29) is 11.7 Å². The van der Waals surface area contributed by atoms with Gasteiger partial charge in [-0.2, -0.15) is 0 Å². The van der Waals surface area contributed by atoms with Gasteiger partial charge in [0, 0.05) is 30.2 Å². The van der Waals surface area contributed by atoms with Crippen LogP contribution in [0.3, 0.4) is 0 Å². The van der Waals surface area contributed by atoms with E-state index < -0.39 is 6.04 Å². The summed E-state index contributed by atoms with van der Waals surface area (Å²) in [5, 5.41) is 3.50. The summed E-state index contributed by atoms with van der Waals surface area (Å²) < 4.78 is 19.5. The first-order chi connectivity index (χ1) is 13.5. The van der Waals surface area contributed by atoms with Crippen LogP contribution in [-0.4, -0.2) is 28.9 Å². The van der Waals surface area contributed by atoms with E-state index in [1.54, 1.807) is 24.3 Å². The molecule has 28 heavy (non-hydrogen) atoms. The van der Waals surface area contributed by atoms with Crippen molar-refractivity contribution in [1.29, 1.82) is 0 Å². The third kappa shape index (κ3) is 3.79. The molecule has 1 aliphatic heterocycles. The summed E-state index contributed by atoms with van der Waals surface area (Å²) in [4.78, 5) is 19.1. The molecule has 1 atom stereocenters. The quantitative estimate of drug-likeness (QED) is 0.717. The van der Waals surface area contributed by atoms with Crippen LogP contribution in [-0.2, 0) is 11.3 Å². The van der Waals surface area contributed by atoms with Gasteiger partial charge in [0.1, 0.15) is 17.6 Å². The number of carbonyl (C=O) groups is 1. The number of aryl methyl sites for hydroxylation is 1. The number of piperazine rings is 1. The number of oxazole rings is 1. The highest BCUT2D eigenvalue weighted by molar-refractivity contribution is 6.30. The van der Waals surface area contributed by atoms with Crippen molar-refractivity contribution in [2.24, 2.45) is 0 Å². The van der Waals surface area contributed by atoms with E-state index >= 15 is 0 Å². The summed E-state index contributed by atoms with van der Waals surface area (Å²) in [5.41, 5.74) is 2.20. The lowest BCUT2D eigenvalue weighted by Gasteiger charge is -2.34. The molecule has 1 N–H and O–H groups in total. The number of halogens is 2. The molecular formula is C21H19ClFN3O2. The van der Waals surface area contributed by atoms with Crippen LogP contribution in [0.15, 0.2) is 52.9 Å². The van der Waals surface area contributed by atoms with Gasteiger partial charge >= 0.3 is 0 Å². The number of nitrogens with zero attached hydrogens (tertiary/aromatic N) is 2. The molecule has 1 unspecified atom stereocenters. The van der Waals surface area contributed by atoms with Crippen molar-refractivity contribution >= 4 is 17.5 Å². The number of nitrogens with one attached hydrogen (secondary N) is 1. The van der Waals surface area contributed by atoms with Gasteiger partial charge in [-0.15, -0.1) is 0 Å². The van der Waals surface area contributed by atoms with Gasteiger partial charge < -0.3 is 9.73 Å². The summed E-state index contributed by atoms with van der Waals surface area (Å²) in [7, 11) is 0. The van der Waals surface area contributed by atoms with Crippen molar-refractivity contribution in [1.82, 2.24) is 15.2 Å². The predicted molar refractivity (Wildman–Crippen MR) is 104 cm³/mol. The molecule has 7 heteroatoms. The van der Waals surface area contributed by atoms with Gasteiger partial charge in [0.05, 0.1) is 5.69 Å². The number of aromatic nitrogens is 1. The van der Waals surface area contributed by atoms with E-state index in [9.17, 15) is 9.18 Å². The van der Waals surface area contributed by atoms with Crippen LogP contribution >= 0.6 is 11.6 Å². The lowest BCUT2D eigenvalue weighted by molar-refractivity contribution is -0.129. The number of carbonyl (C=O) groups excluding carboxylic acids is 1. The maximum Gasteiger partial charge on any atom is 0.242 e. The van der Waals surface area contributed by atoms with Crippen molar-refractivity contribution in [2.45, 2.75) is 19.5 Å². The number of rotatable bonds is 4. The standard InChI is InChI=1S/C21H19ClFN3O2/c1-13-18(25-21(28-13)14-5-7-16(22)8-6-14)12-26-10-9-24-20(27)19(26)15-3-2-4-17(23)11-15/h2-8,11,19H,9-10,12H2,1H3,(H,24,27). The zero-order valence-corrected chi connectivity index (χ0v) is 16.0. The highest BCUT2D eigenvalue weighted by Crippen LogP contribution is 2.28. The molecular weight excluding hydrogens is 381 g/mol. The van der Waals surface area contributed by atoms with Crippen LogP contribution in [0.2, 0.25) is 5.02 Å². The van der Waals surface area contributed by atoms with Crippen LogP contribution in [0.25, 0.3) is 11.5 Å². The van der Waals surface area contributed by atoms with E-state index in [2.05, 4.69) is 10.3 Å². The highest BCUT2D eigenvalue weighted by Gasteiger charge is 2.32. The van der Waals surface area contributed by atoms with Crippen molar-refractivity contribution in [3.05, 3.63) is 76.4 Å². The molecule has 1 aromatic heterocycles. The third-order valence-electron chi connectivity index (χ3n) is 4.81. The molecule has 1 saturated heterocycles. The monoisotopic (exact) mass is 399 g/mol. The fourth-order valence-corrected chi connectivity index (χ4v) is 3.53. The normalized spacial score (nSPS) is 17.5. The Hall–Kier alpha value is -2.70. The minimum Gasteiger partial charge on any atom is -0.441 e. The summed E-state index contributed by atoms with van der Waals surface area (Å²) in [5.74, 6) is 0.691. The second kappa shape index (κ2) is 7.73. The second-order valence-electron chi connectivity index (χ2n) is 6.75. The van der Waals surface area contributed by atoms with Crippen LogP contribution in [0.4, 0.5) is 4.39 Å². The van der Waals surface area contributed by atoms with Crippen LogP contribution in [0.5, 0.6) is 0 Å². The molecule has 4 rings (SSSR count). The third-order valence-corrected chi connectivity index (χ3v) is 5.06. The maximum atomic E-state index is 13.7. The molecule has 0 radical (unpaired) electrons. The predicted octanol–water partition coefficient (Wildman–Crippen LogP) is 4.12. The molecule has 0 bridgehead atoms. The van der Waals surface area contributed by atoms with E-state index in [1.165, 1.54) is 12.1 Å². The fraction of sp³-hybridized carbons (Fsp3) is 0.238. The first-order valence-corrected chi connectivity index (χ1v) is 9.38. The Balaban J connectivity index is 1.61. The lowest BCUT2D eigenvalue weighted by atomic mass is 10.0. The smallest absolute Gasteiger partial charge is 0.242 e. The average molecular weight is 400 g/mol. The number of benzene rings is 2. The van der Waals surface area contributed by atoms with Crippen molar-refractivity contribution < 1.29 is 13.6 Å². The number of hydrogen-bond acceptors (Lipinski definition) is 4. The summed E-state index contributed by atoms with van der Waals surface area (Å²) >= 11 is 5.94. The molecule has 2 aromatic carbocycles. The summed E-state index contributed by atoms with van der Waals surface area (Å²) in [6, 6.07) is 12.8. The van der Waals surface area contributed by atoms with Gasteiger partial charge in [0.25, 0.3) is 0 Å². The van der Waals surface area contributed by atoms with Gasteiger partial charge in [0.2, 0.25) is 11.8 Å². The van der Waals surface area contributed by atoms with Crippen molar-refractivity contribution in [3.63, 3.8) is 0 Å². The van der Waals surface area contributed by atoms with Gasteiger partial charge in [-0.1, -0.05) is 23.7 Å². The fourth-order valence-electron chi connectivity index (χ4n) is 3.41. The lowest BCUT2D eigenvalue weighted by Crippen LogP contribution is -2.49. The van der Waals surface area contributed by atoms with Crippen LogP contribution in [0.1, 0.15) is 23.1 Å². The second-order valence-corrected chi connectivity index (χ2v) is 7.18. The van der Waals surface area contributed by atoms with E-state index in [4.69, 9.17) is 16.0 Å². The Morgan fingerprint density at radius 2 is 2.07 bits per heavy atom. The SMILES string of the molecule is Cc1oc(-c2ccc(Cl)cc2)nc1CN1CCNC(=O)C1c1cccc(F)c1. The molecule has 2 heterocycles. The molecule has 1 amide bonds. The molecule has 0 spiro atoms. The Bertz CT molecular complexity index is 1000. The van der Waals surface area contributed by atoms with Gasteiger partial charge in [-0.3, -0.25) is 9.69 Å². The van der Waals surface area contributed by atoms with E-state index in [0.717, 1.165) is 11.3 Å².